The fourth-order valence-electron chi connectivity index (χ4n) is 3.46. The van der Waals surface area contributed by atoms with E-state index in [0.717, 1.165) is 35.9 Å². The van der Waals surface area contributed by atoms with Crippen LogP contribution in [0.15, 0.2) is 64.6 Å². The van der Waals surface area contributed by atoms with Gasteiger partial charge in [-0.2, -0.15) is 5.10 Å². The van der Waals surface area contributed by atoms with Gasteiger partial charge in [-0.05, 0) is 30.9 Å². The summed E-state index contributed by atoms with van der Waals surface area (Å²) in [6.45, 7) is 8.66. The summed E-state index contributed by atoms with van der Waals surface area (Å²) in [7, 11) is 0. The summed E-state index contributed by atoms with van der Waals surface area (Å²) in [5.41, 5.74) is 14.0. The molecule has 7 nitrogen and oxygen atoms in total. The number of fused-ring (bicyclic) bond motifs is 1. The van der Waals surface area contributed by atoms with Crippen LogP contribution in [0.4, 0.5) is 0 Å². The number of ether oxygens (including phenoxy) is 1. The molecule has 166 valence electrons. The number of benzene rings is 1. The minimum absolute atomic E-state index is 0.0809. The van der Waals surface area contributed by atoms with E-state index in [0.29, 0.717) is 24.6 Å². The van der Waals surface area contributed by atoms with Crippen molar-refractivity contribution in [2.75, 3.05) is 26.3 Å². The maximum Gasteiger partial charge on any atom is 0.133 e. The van der Waals surface area contributed by atoms with Crippen molar-refractivity contribution in [1.82, 2.24) is 14.7 Å². The maximum absolute atomic E-state index is 12.4. The number of aromatic nitrogens is 2. The summed E-state index contributed by atoms with van der Waals surface area (Å²) in [4.78, 5) is 6.41. The smallest absolute Gasteiger partial charge is 0.133 e. The molecule has 2 aromatic rings. The van der Waals surface area contributed by atoms with Crippen molar-refractivity contribution in [1.29, 1.82) is 0 Å². The van der Waals surface area contributed by atoms with Crippen LogP contribution in [0.5, 0.6) is 0 Å². The predicted molar refractivity (Wildman–Crippen MR) is 125 cm³/mol. The lowest BCUT2D eigenvalue weighted by atomic mass is 10.1. The third kappa shape index (κ3) is 4.85. The predicted octanol–water partition coefficient (Wildman–Crippen LogP) is 2.76. The third-order valence-electron chi connectivity index (χ3n) is 5.46. The molecule has 0 aliphatic carbocycles. The average Bonchev–Trinajstić information content (AvgIpc) is 3.13. The second kappa shape index (κ2) is 9.30. The van der Waals surface area contributed by atoms with E-state index in [2.05, 4.69) is 46.8 Å². The lowest BCUT2D eigenvalue weighted by Gasteiger charge is -2.31. The molecule has 0 amide bonds. The SMILES string of the molecule is Cc1ccc(-c2cc3n(n2)C(N2CCOCC2)=CC(N=C([O-])/C=C(\N)C(C)C)=C=C3)cc1. The van der Waals surface area contributed by atoms with Gasteiger partial charge in [0.15, 0.2) is 0 Å². The van der Waals surface area contributed by atoms with Crippen LogP contribution in [0.3, 0.4) is 0 Å². The molecule has 2 N–H and O–H groups in total. The lowest BCUT2D eigenvalue weighted by Crippen LogP contribution is -2.37. The Morgan fingerprint density at radius 2 is 1.97 bits per heavy atom. The quantitative estimate of drug-likeness (QED) is 0.447. The summed E-state index contributed by atoms with van der Waals surface area (Å²) >= 11 is 0. The Balaban J connectivity index is 1.76. The first-order valence-electron chi connectivity index (χ1n) is 10.8. The van der Waals surface area contributed by atoms with Crippen molar-refractivity contribution in [2.45, 2.75) is 20.8 Å². The number of rotatable bonds is 5. The zero-order valence-electron chi connectivity index (χ0n) is 18.7. The van der Waals surface area contributed by atoms with Crippen molar-refractivity contribution in [2.24, 2.45) is 16.6 Å². The Labute approximate surface area is 188 Å². The topological polar surface area (TPSA) is 91.7 Å². The molecule has 0 bridgehead atoms. The zero-order valence-corrected chi connectivity index (χ0v) is 18.7. The molecule has 0 unspecified atom stereocenters. The number of morpholine rings is 1. The Morgan fingerprint density at radius 1 is 1.25 bits per heavy atom. The molecular formula is C25H28N5O2-. The minimum atomic E-state index is -0.399. The van der Waals surface area contributed by atoms with E-state index < -0.39 is 5.90 Å². The van der Waals surface area contributed by atoms with E-state index in [1.54, 1.807) is 0 Å². The number of nitrogens with zero attached hydrogens (tertiary/aromatic N) is 4. The number of aliphatic imine (C=N–C) groups is 1. The molecule has 32 heavy (non-hydrogen) atoms. The number of nitrogens with two attached hydrogens (primary N) is 1. The number of hydrogen-bond donors (Lipinski definition) is 1. The zero-order chi connectivity index (χ0) is 22.7. The van der Waals surface area contributed by atoms with Crippen LogP contribution in [-0.2, 0) is 4.74 Å². The highest BCUT2D eigenvalue weighted by Gasteiger charge is 2.21. The van der Waals surface area contributed by atoms with Crippen LogP contribution >= 0.6 is 0 Å². The van der Waals surface area contributed by atoms with Gasteiger partial charge in [0.1, 0.15) is 11.5 Å². The van der Waals surface area contributed by atoms with Crippen molar-refractivity contribution < 1.29 is 9.84 Å². The van der Waals surface area contributed by atoms with E-state index in [-0.39, 0.29) is 5.92 Å². The first-order chi connectivity index (χ1) is 15.4. The van der Waals surface area contributed by atoms with Gasteiger partial charge >= 0.3 is 0 Å². The summed E-state index contributed by atoms with van der Waals surface area (Å²) in [6, 6.07) is 10.3. The van der Waals surface area contributed by atoms with Gasteiger partial charge in [-0.3, -0.25) is 4.99 Å². The van der Waals surface area contributed by atoms with Gasteiger partial charge in [0.25, 0.3) is 0 Å². The highest BCUT2D eigenvalue weighted by atomic mass is 16.5. The van der Waals surface area contributed by atoms with Gasteiger partial charge in [0, 0.05) is 36.5 Å². The van der Waals surface area contributed by atoms with Gasteiger partial charge in [-0.15, -0.1) is 0 Å². The number of allylic oxidation sites excluding steroid dienone is 2. The second-order valence-corrected chi connectivity index (χ2v) is 8.26. The molecule has 7 heteroatoms. The number of aryl methyl sites for hydroxylation is 1. The summed E-state index contributed by atoms with van der Waals surface area (Å²) in [6.07, 6.45) is 5.04. The Bertz CT molecular complexity index is 1140. The van der Waals surface area contributed by atoms with Crippen LogP contribution in [0.2, 0.25) is 0 Å². The molecule has 3 heterocycles. The van der Waals surface area contributed by atoms with E-state index >= 15 is 0 Å². The average molecular weight is 431 g/mol. The summed E-state index contributed by atoms with van der Waals surface area (Å²) in [5.74, 6) is 0.525. The molecule has 0 saturated carbocycles. The molecule has 1 saturated heterocycles. The standard InChI is InChI=1S/C25H29N5O2/c1-17(2)22(26)16-24(31)27-20-8-9-21-15-23(19-6-4-18(3)5-7-19)28-30(21)25(14-20)29-10-12-32-13-11-29/h4-7,9,14-17H,10-13,26H2,1-3H3,(H,27,31)/p-1/b22-16-. The molecule has 1 fully saturated rings. The molecule has 2 aliphatic heterocycles. The van der Waals surface area contributed by atoms with Gasteiger partial charge < -0.3 is 20.5 Å². The van der Waals surface area contributed by atoms with Crippen LogP contribution in [-0.4, -0.2) is 46.9 Å². The summed E-state index contributed by atoms with van der Waals surface area (Å²) in [5, 5.41) is 17.3. The Morgan fingerprint density at radius 3 is 2.66 bits per heavy atom. The molecule has 0 spiro atoms. The normalized spacial score (nSPS) is 17.2. The van der Waals surface area contributed by atoms with Crippen LogP contribution in [0.1, 0.15) is 25.1 Å². The molecule has 2 aliphatic rings. The molecular weight excluding hydrogens is 402 g/mol. The molecule has 0 atom stereocenters. The highest BCUT2D eigenvalue weighted by Crippen LogP contribution is 2.27. The fraction of sp³-hybridized carbons (Fsp3) is 0.320. The second-order valence-electron chi connectivity index (χ2n) is 8.26. The first kappa shape index (κ1) is 21.7. The largest absolute Gasteiger partial charge is 0.859 e. The first-order valence-corrected chi connectivity index (χ1v) is 10.8. The maximum atomic E-state index is 12.4. The van der Waals surface area contributed by atoms with Crippen molar-refractivity contribution in [3.8, 4) is 11.3 Å². The number of hydrogen-bond acceptors (Lipinski definition) is 6. The lowest BCUT2D eigenvalue weighted by molar-refractivity contribution is -0.212. The van der Waals surface area contributed by atoms with Crippen LogP contribution < -0.4 is 10.8 Å². The molecule has 0 radical (unpaired) electrons. The van der Waals surface area contributed by atoms with Crippen molar-refractivity contribution in [3.05, 3.63) is 70.9 Å². The van der Waals surface area contributed by atoms with Crippen molar-refractivity contribution >= 4 is 17.8 Å². The van der Waals surface area contributed by atoms with Gasteiger partial charge in [-0.25, -0.2) is 4.68 Å². The monoisotopic (exact) mass is 430 g/mol. The molecule has 1 aromatic heterocycles. The third-order valence-corrected chi connectivity index (χ3v) is 5.46. The van der Waals surface area contributed by atoms with Crippen LogP contribution in [0.25, 0.3) is 23.2 Å². The van der Waals surface area contributed by atoms with Gasteiger partial charge in [-0.1, -0.05) is 49.4 Å². The Kier molecular flexibility index (Phi) is 6.30. The van der Waals surface area contributed by atoms with Gasteiger partial charge in [0.2, 0.25) is 0 Å². The van der Waals surface area contributed by atoms with Crippen LogP contribution in [0, 0.1) is 12.8 Å². The Hall–Kier alpha value is -3.54. The van der Waals surface area contributed by atoms with E-state index in [1.807, 2.05) is 36.7 Å². The van der Waals surface area contributed by atoms with E-state index in [1.165, 1.54) is 11.6 Å². The minimum Gasteiger partial charge on any atom is -0.859 e. The fourth-order valence-corrected chi connectivity index (χ4v) is 3.46. The highest BCUT2D eigenvalue weighted by molar-refractivity contribution is 5.85. The molecule has 1 aromatic carbocycles. The van der Waals surface area contributed by atoms with Gasteiger partial charge in [0.05, 0.1) is 24.6 Å². The van der Waals surface area contributed by atoms with E-state index in [9.17, 15) is 5.11 Å². The summed E-state index contributed by atoms with van der Waals surface area (Å²) < 4.78 is 7.41. The van der Waals surface area contributed by atoms with E-state index in [4.69, 9.17) is 15.6 Å². The molecule has 4 rings (SSSR count). The van der Waals surface area contributed by atoms with Crippen molar-refractivity contribution in [3.63, 3.8) is 0 Å².